The predicted octanol–water partition coefficient (Wildman–Crippen LogP) is 3.47. The number of ether oxygens (including phenoxy) is 1. The van der Waals surface area contributed by atoms with Gasteiger partial charge in [0, 0.05) is 30.0 Å². The van der Waals surface area contributed by atoms with Crippen LogP contribution in [0.1, 0.15) is 32.0 Å². The Hall–Kier alpha value is -1.94. The van der Waals surface area contributed by atoms with E-state index in [0.717, 1.165) is 29.3 Å². The molecule has 2 aromatic heterocycles. The van der Waals surface area contributed by atoms with Crippen LogP contribution in [0.25, 0.3) is 0 Å². The van der Waals surface area contributed by atoms with E-state index in [2.05, 4.69) is 36.1 Å². The molecule has 0 aliphatic carbocycles. The standard InChI is InChI=1S/C16H21N3O/c1-12-14(6-5-8-18-12)20-15-11-17-9-7-13(15)10-19-16(2,3)4/h5-9,11,19H,10H2,1-4H3. The van der Waals surface area contributed by atoms with Crippen LogP contribution in [0.2, 0.25) is 0 Å². The van der Waals surface area contributed by atoms with E-state index in [9.17, 15) is 0 Å². The second kappa shape index (κ2) is 6.01. The van der Waals surface area contributed by atoms with Gasteiger partial charge in [-0.3, -0.25) is 9.97 Å². The topological polar surface area (TPSA) is 47.0 Å². The van der Waals surface area contributed by atoms with Gasteiger partial charge in [0.1, 0.15) is 11.5 Å². The Morgan fingerprint density at radius 2 is 1.95 bits per heavy atom. The van der Waals surface area contributed by atoms with Crippen LogP contribution in [0.15, 0.2) is 36.8 Å². The van der Waals surface area contributed by atoms with Crippen molar-refractivity contribution in [3.8, 4) is 11.5 Å². The normalized spacial score (nSPS) is 11.4. The van der Waals surface area contributed by atoms with Crippen molar-refractivity contribution in [2.24, 2.45) is 0 Å². The van der Waals surface area contributed by atoms with E-state index in [1.54, 1.807) is 18.6 Å². The molecule has 0 aromatic carbocycles. The zero-order valence-electron chi connectivity index (χ0n) is 12.5. The fraction of sp³-hybridized carbons (Fsp3) is 0.375. The zero-order chi connectivity index (χ0) is 14.6. The summed E-state index contributed by atoms with van der Waals surface area (Å²) >= 11 is 0. The van der Waals surface area contributed by atoms with Crippen LogP contribution in [-0.4, -0.2) is 15.5 Å². The van der Waals surface area contributed by atoms with Crippen molar-refractivity contribution in [3.05, 3.63) is 48.0 Å². The summed E-state index contributed by atoms with van der Waals surface area (Å²) < 4.78 is 5.94. The Morgan fingerprint density at radius 1 is 1.15 bits per heavy atom. The van der Waals surface area contributed by atoms with Crippen molar-refractivity contribution in [1.29, 1.82) is 0 Å². The summed E-state index contributed by atoms with van der Waals surface area (Å²) in [6.07, 6.45) is 5.28. The van der Waals surface area contributed by atoms with Gasteiger partial charge in [-0.1, -0.05) is 0 Å². The molecule has 0 spiro atoms. The number of rotatable bonds is 4. The summed E-state index contributed by atoms with van der Waals surface area (Å²) in [6.45, 7) is 9.08. The highest BCUT2D eigenvalue weighted by Gasteiger charge is 2.12. The van der Waals surface area contributed by atoms with Crippen LogP contribution in [0.4, 0.5) is 0 Å². The smallest absolute Gasteiger partial charge is 0.150 e. The third kappa shape index (κ3) is 4.03. The van der Waals surface area contributed by atoms with Gasteiger partial charge in [-0.2, -0.15) is 0 Å². The van der Waals surface area contributed by atoms with Gasteiger partial charge < -0.3 is 10.1 Å². The molecule has 0 bridgehead atoms. The fourth-order valence-corrected chi connectivity index (χ4v) is 1.70. The molecule has 0 atom stereocenters. The van der Waals surface area contributed by atoms with E-state index < -0.39 is 0 Å². The lowest BCUT2D eigenvalue weighted by Crippen LogP contribution is -2.35. The predicted molar refractivity (Wildman–Crippen MR) is 79.9 cm³/mol. The van der Waals surface area contributed by atoms with E-state index >= 15 is 0 Å². The number of hydrogen-bond acceptors (Lipinski definition) is 4. The highest BCUT2D eigenvalue weighted by Crippen LogP contribution is 2.26. The number of pyridine rings is 2. The average Bonchev–Trinajstić information content (AvgIpc) is 2.39. The summed E-state index contributed by atoms with van der Waals surface area (Å²) in [7, 11) is 0. The number of aryl methyl sites for hydroxylation is 1. The van der Waals surface area contributed by atoms with Gasteiger partial charge in [0.15, 0.2) is 0 Å². The Labute approximate surface area is 120 Å². The minimum atomic E-state index is 0.0603. The molecule has 2 aromatic rings. The van der Waals surface area contributed by atoms with E-state index in [1.165, 1.54) is 0 Å². The van der Waals surface area contributed by atoms with Gasteiger partial charge in [0.2, 0.25) is 0 Å². The van der Waals surface area contributed by atoms with Crippen molar-refractivity contribution in [2.75, 3.05) is 0 Å². The molecule has 20 heavy (non-hydrogen) atoms. The maximum Gasteiger partial charge on any atom is 0.150 e. The van der Waals surface area contributed by atoms with Gasteiger partial charge in [-0.25, -0.2) is 0 Å². The number of nitrogens with one attached hydrogen (secondary N) is 1. The molecule has 0 aliphatic rings. The van der Waals surface area contributed by atoms with Gasteiger partial charge >= 0.3 is 0 Å². The van der Waals surface area contributed by atoms with Gasteiger partial charge in [0.25, 0.3) is 0 Å². The molecule has 0 radical (unpaired) electrons. The lowest BCUT2D eigenvalue weighted by Gasteiger charge is -2.21. The second-order valence-corrected chi connectivity index (χ2v) is 5.78. The molecule has 0 saturated heterocycles. The molecule has 0 aliphatic heterocycles. The molecule has 0 unspecified atom stereocenters. The number of nitrogens with zero attached hydrogens (tertiary/aromatic N) is 2. The molecule has 1 N–H and O–H groups in total. The summed E-state index contributed by atoms with van der Waals surface area (Å²) in [5, 5.41) is 3.46. The van der Waals surface area contributed by atoms with Gasteiger partial charge in [0.05, 0.1) is 11.9 Å². The van der Waals surface area contributed by atoms with Crippen LogP contribution in [-0.2, 0) is 6.54 Å². The molecule has 106 valence electrons. The Kier molecular flexibility index (Phi) is 4.35. The first-order valence-electron chi connectivity index (χ1n) is 6.73. The van der Waals surface area contributed by atoms with Gasteiger partial charge in [-0.05, 0) is 45.9 Å². The first-order valence-corrected chi connectivity index (χ1v) is 6.73. The third-order valence-electron chi connectivity index (χ3n) is 2.86. The largest absolute Gasteiger partial charge is 0.453 e. The number of hydrogen-bond donors (Lipinski definition) is 1. The molecule has 0 amide bonds. The third-order valence-corrected chi connectivity index (χ3v) is 2.86. The summed E-state index contributed by atoms with van der Waals surface area (Å²) in [5.41, 5.74) is 2.01. The maximum atomic E-state index is 5.94. The van der Waals surface area contributed by atoms with Crippen molar-refractivity contribution < 1.29 is 4.74 Å². The highest BCUT2D eigenvalue weighted by atomic mass is 16.5. The van der Waals surface area contributed by atoms with Gasteiger partial charge in [-0.15, -0.1) is 0 Å². The lowest BCUT2D eigenvalue weighted by molar-refractivity contribution is 0.412. The SMILES string of the molecule is Cc1ncccc1Oc1cnccc1CNC(C)(C)C. The molecule has 4 nitrogen and oxygen atoms in total. The quantitative estimate of drug-likeness (QED) is 0.925. The van der Waals surface area contributed by atoms with E-state index in [0.29, 0.717) is 0 Å². The maximum absolute atomic E-state index is 5.94. The minimum absolute atomic E-state index is 0.0603. The van der Waals surface area contributed by atoms with E-state index in [4.69, 9.17) is 4.74 Å². The molecule has 0 saturated carbocycles. The van der Waals surface area contributed by atoms with Crippen LogP contribution < -0.4 is 10.1 Å². The average molecular weight is 271 g/mol. The summed E-state index contributed by atoms with van der Waals surface area (Å²) in [5.74, 6) is 1.53. The van der Waals surface area contributed by atoms with E-state index in [-0.39, 0.29) is 5.54 Å². The summed E-state index contributed by atoms with van der Waals surface area (Å²) in [6, 6.07) is 5.75. The first kappa shape index (κ1) is 14.5. The first-order chi connectivity index (χ1) is 9.46. The number of aromatic nitrogens is 2. The Balaban J connectivity index is 2.18. The van der Waals surface area contributed by atoms with Crippen LogP contribution in [0.5, 0.6) is 11.5 Å². The Morgan fingerprint density at radius 3 is 2.65 bits per heavy atom. The molecule has 2 rings (SSSR count). The fourth-order valence-electron chi connectivity index (χ4n) is 1.70. The van der Waals surface area contributed by atoms with Crippen molar-refractivity contribution in [1.82, 2.24) is 15.3 Å². The minimum Gasteiger partial charge on any atom is -0.453 e. The van der Waals surface area contributed by atoms with Crippen molar-refractivity contribution >= 4 is 0 Å². The van der Waals surface area contributed by atoms with Crippen molar-refractivity contribution in [3.63, 3.8) is 0 Å². The highest BCUT2D eigenvalue weighted by molar-refractivity contribution is 5.36. The molecular weight excluding hydrogens is 250 g/mol. The lowest BCUT2D eigenvalue weighted by atomic mass is 10.1. The second-order valence-electron chi connectivity index (χ2n) is 5.78. The van der Waals surface area contributed by atoms with Crippen LogP contribution in [0, 0.1) is 6.92 Å². The van der Waals surface area contributed by atoms with Crippen LogP contribution >= 0.6 is 0 Å². The molecule has 0 fully saturated rings. The Bertz CT molecular complexity index is 576. The molecular formula is C16H21N3O. The van der Waals surface area contributed by atoms with Crippen molar-refractivity contribution in [2.45, 2.75) is 39.8 Å². The van der Waals surface area contributed by atoms with Crippen LogP contribution in [0.3, 0.4) is 0 Å². The molecule has 4 heteroatoms. The summed E-state index contributed by atoms with van der Waals surface area (Å²) in [4.78, 5) is 8.37. The van der Waals surface area contributed by atoms with E-state index in [1.807, 2.05) is 25.1 Å². The zero-order valence-corrected chi connectivity index (χ0v) is 12.5. The monoisotopic (exact) mass is 271 g/mol. The molecule has 2 heterocycles.